The summed E-state index contributed by atoms with van der Waals surface area (Å²) in [5.41, 5.74) is 2.37. The van der Waals surface area contributed by atoms with Crippen LogP contribution in [0.15, 0.2) is 30.6 Å². The molecule has 70 valence electrons. The fourth-order valence-electron chi connectivity index (χ4n) is 1.27. The zero-order chi connectivity index (χ0) is 9.97. The van der Waals surface area contributed by atoms with Crippen molar-refractivity contribution < 1.29 is 4.79 Å². The first kappa shape index (κ1) is 8.62. The van der Waals surface area contributed by atoms with Crippen LogP contribution in [0.25, 0.3) is 5.69 Å². The SMILES string of the molecule is Cc1ccc(C=O)c(-n2nccn2)c1. The summed E-state index contributed by atoms with van der Waals surface area (Å²) in [6, 6.07) is 5.53. The molecule has 4 heteroatoms. The van der Waals surface area contributed by atoms with Crippen molar-refractivity contribution in [2.24, 2.45) is 0 Å². The summed E-state index contributed by atoms with van der Waals surface area (Å²) in [6.07, 6.45) is 3.96. The van der Waals surface area contributed by atoms with E-state index < -0.39 is 0 Å². The third-order valence-corrected chi connectivity index (χ3v) is 1.95. The topological polar surface area (TPSA) is 47.8 Å². The van der Waals surface area contributed by atoms with Gasteiger partial charge in [0.2, 0.25) is 0 Å². The Balaban J connectivity index is 2.61. The van der Waals surface area contributed by atoms with E-state index in [-0.39, 0.29) is 0 Å². The van der Waals surface area contributed by atoms with Gasteiger partial charge in [0.05, 0.1) is 18.1 Å². The Labute approximate surface area is 81.2 Å². The molecule has 0 spiro atoms. The molecule has 0 atom stereocenters. The minimum absolute atomic E-state index is 0.590. The lowest BCUT2D eigenvalue weighted by molar-refractivity contribution is 0.112. The van der Waals surface area contributed by atoms with Crippen molar-refractivity contribution in [2.45, 2.75) is 6.92 Å². The van der Waals surface area contributed by atoms with Crippen molar-refractivity contribution in [1.29, 1.82) is 0 Å². The highest BCUT2D eigenvalue weighted by atomic mass is 16.1. The smallest absolute Gasteiger partial charge is 0.152 e. The molecule has 2 rings (SSSR count). The molecule has 0 saturated carbocycles. The second-order valence-corrected chi connectivity index (χ2v) is 3.00. The van der Waals surface area contributed by atoms with E-state index in [1.165, 1.54) is 4.80 Å². The number of nitrogens with zero attached hydrogens (tertiary/aromatic N) is 3. The molecule has 1 aromatic carbocycles. The van der Waals surface area contributed by atoms with Gasteiger partial charge in [-0.15, -0.1) is 0 Å². The number of aryl methyl sites for hydroxylation is 1. The second-order valence-electron chi connectivity index (χ2n) is 3.00. The molecule has 1 heterocycles. The van der Waals surface area contributed by atoms with Gasteiger partial charge >= 0.3 is 0 Å². The minimum Gasteiger partial charge on any atom is -0.298 e. The van der Waals surface area contributed by atoms with Gasteiger partial charge < -0.3 is 0 Å². The Morgan fingerprint density at radius 1 is 1.29 bits per heavy atom. The number of hydrogen-bond acceptors (Lipinski definition) is 3. The average Bonchev–Trinajstić information content (AvgIpc) is 2.70. The Morgan fingerprint density at radius 2 is 2.00 bits per heavy atom. The fraction of sp³-hybridized carbons (Fsp3) is 0.100. The molecule has 4 nitrogen and oxygen atoms in total. The van der Waals surface area contributed by atoms with Crippen molar-refractivity contribution in [1.82, 2.24) is 15.0 Å². The molecule has 0 radical (unpaired) electrons. The van der Waals surface area contributed by atoms with E-state index in [1.807, 2.05) is 19.1 Å². The number of carbonyl (C=O) groups excluding carboxylic acids is 1. The first-order valence-electron chi connectivity index (χ1n) is 4.24. The lowest BCUT2D eigenvalue weighted by Crippen LogP contribution is -2.02. The monoisotopic (exact) mass is 187 g/mol. The zero-order valence-corrected chi connectivity index (χ0v) is 7.71. The normalized spacial score (nSPS) is 10.1. The summed E-state index contributed by atoms with van der Waals surface area (Å²) in [4.78, 5) is 12.2. The Hall–Kier alpha value is -1.97. The van der Waals surface area contributed by atoms with Crippen LogP contribution in [0.4, 0.5) is 0 Å². The fourth-order valence-corrected chi connectivity index (χ4v) is 1.27. The standard InChI is InChI=1S/C10H9N3O/c1-8-2-3-9(7-14)10(6-8)13-11-4-5-12-13/h2-7H,1H3. The molecular weight excluding hydrogens is 178 g/mol. The Kier molecular flexibility index (Phi) is 2.10. The van der Waals surface area contributed by atoms with Gasteiger partial charge in [0.1, 0.15) is 0 Å². The maximum atomic E-state index is 10.8. The molecule has 0 aliphatic heterocycles. The average molecular weight is 187 g/mol. The van der Waals surface area contributed by atoms with Crippen molar-refractivity contribution in [3.05, 3.63) is 41.7 Å². The summed E-state index contributed by atoms with van der Waals surface area (Å²) < 4.78 is 0. The van der Waals surface area contributed by atoms with Crippen molar-refractivity contribution in [2.75, 3.05) is 0 Å². The summed E-state index contributed by atoms with van der Waals surface area (Å²) >= 11 is 0. The van der Waals surface area contributed by atoms with Crippen LogP contribution in [0, 0.1) is 6.92 Å². The van der Waals surface area contributed by atoms with Crippen molar-refractivity contribution in [3.63, 3.8) is 0 Å². The molecule has 0 amide bonds. The first-order chi connectivity index (χ1) is 6.81. The van der Waals surface area contributed by atoms with Gasteiger partial charge in [0.15, 0.2) is 6.29 Å². The van der Waals surface area contributed by atoms with E-state index in [2.05, 4.69) is 10.2 Å². The van der Waals surface area contributed by atoms with E-state index in [4.69, 9.17) is 0 Å². The van der Waals surface area contributed by atoms with E-state index in [0.29, 0.717) is 11.3 Å². The molecule has 0 aliphatic rings. The highest BCUT2D eigenvalue weighted by Crippen LogP contribution is 2.12. The van der Waals surface area contributed by atoms with Crippen LogP contribution in [0.5, 0.6) is 0 Å². The number of carbonyl (C=O) groups is 1. The lowest BCUT2D eigenvalue weighted by atomic mass is 10.1. The third kappa shape index (κ3) is 1.42. The van der Waals surface area contributed by atoms with Gasteiger partial charge in [-0.25, -0.2) is 0 Å². The summed E-state index contributed by atoms with van der Waals surface area (Å²) in [5, 5.41) is 7.97. The van der Waals surface area contributed by atoms with Gasteiger partial charge in [0, 0.05) is 5.56 Å². The van der Waals surface area contributed by atoms with Crippen LogP contribution in [-0.4, -0.2) is 21.3 Å². The Bertz CT molecular complexity index is 448. The largest absolute Gasteiger partial charge is 0.298 e. The van der Waals surface area contributed by atoms with Crippen LogP contribution < -0.4 is 0 Å². The zero-order valence-electron chi connectivity index (χ0n) is 7.71. The van der Waals surface area contributed by atoms with E-state index in [1.54, 1.807) is 18.5 Å². The molecule has 0 N–H and O–H groups in total. The predicted molar refractivity (Wildman–Crippen MR) is 51.5 cm³/mol. The van der Waals surface area contributed by atoms with E-state index in [0.717, 1.165) is 11.8 Å². The molecule has 0 saturated heterocycles. The molecule has 0 unspecified atom stereocenters. The van der Waals surface area contributed by atoms with Crippen LogP contribution in [0.1, 0.15) is 15.9 Å². The van der Waals surface area contributed by atoms with Gasteiger partial charge in [0.25, 0.3) is 0 Å². The molecule has 14 heavy (non-hydrogen) atoms. The molecule has 0 bridgehead atoms. The summed E-state index contributed by atoms with van der Waals surface area (Å²) in [5.74, 6) is 0. The minimum atomic E-state index is 0.590. The molecule has 1 aromatic heterocycles. The maximum Gasteiger partial charge on any atom is 0.152 e. The first-order valence-corrected chi connectivity index (χ1v) is 4.24. The van der Waals surface area contributed by atoms with Crippen LogP contribution in [0.3, 0.4) is 0 Å². The number of hydrogen-bond donors (Lipinski definition) is 0. The van der Waals surface area contributed by atoms with Crippen molar-refractivity contribution in [3.8, 4) is 5.69 Å². The maximum absolute atomic E-state index is 10.8. The number of aromatic nitrogens is 3. The number of aldehydes is 1. The number of rotatable bonds is 2. The molecule has 0 aliphatic carbocycles. The van der Waals surface area contributed by atoms with Crippen LogP contribution >= 0.6 is 0 Å². The van der Waals surface area contributed by atoms with Gasteiger partial charge in [-0.1, -0.05) is 6.07 Å². The highest BCUT2D eigenvalue weighted by molar-refractivity contribution is 5.80. The second kappa shape index (κ2) is 3.41. The van der Waals surface area contributed by atoms with Crippen LogP contribution in [-0.2, 0) is 0 Å². The van der Waals surface area contributed by atoms with Crippen molar-refractivity contribution >= 4 is 6.29 Å². The van der Waals surface area contributed by atoms with Gasteiger partial charge in [-0.3, -0.25) is 4.79 Å². The third-order valence-electron chi connectivity index (χ3n) is 1.95. The Morgan fingerprint density at radius 3 is 2.64 bits per heavy atom. The van der Waals surface area contributed by atoms with E-state index in [9.17, 15) is 4.79 Å². The predicted octanol–water partition coefficient (Wildman–Crippen LogP) is 1.39. The molecule has 2 aromatic rings. The van der Waals surface area contributed by atoms with Gasteiger partial charge in [-0.05, 0) is 24.6 Å². The molecular formula is C10H9N3O. The number of benzene rings is 1. The van der Waals surface area contributed by atoms with Gasteiger partial charge in [-0.2, -0.15) is 15.0 Å². The quantitative estimate of drug-likeness (QED) is 0.667. The summed E-state index contributed by atoms with van der Waals surface area (Å²) in [7, 11) is 0. The molecule has 0 fully saturated rings. The van der Waals surface area contributed by atoms with E-state index >= 15 is 0 Å². The lowest BCUT2D eigenvalue weighted by Gasteiger charge is -2.03. The van der Waals surface area contributed by atoms with Crippen LogP contribution in [0.2, 0.25) is 0 Å². The summed E-state index contributed by atoms with van der Waals surface area (Å²) in [6.45, 7) is 1.96. The highest BCUT2D eigenvalue weighted by Gasteiger charge is 2.04.